The fourth-order valence-electron chi connectivity index (χ4n) is 2.85. The summed E-state index contributed by atoms with van der Waals surface area (Å²) in [7, 11) is 4.18. The lowest BCUT2D eigenvalue weighted by molar-refractivity contribution is 0.335. The van der Waals surface area contributed by atoms with Gasteiger partial charge in [-0.05, 0) is 46.0 Å². The largest absolute Gasteiger partial charge is 0.508 e. The second-order valence-electron chi connectivity index (χ2n) is 6.45. The summed E-state index contributed by atoms with van der Waals surface area (Å²) in [6.45, 7) is 4.98. The summed E-state index contributed by atoms with van der Waals surface area (Å²) in [4.78, 5) is 9.45. The molecule has 23 heavy (non-hydrogen) atoms. The number of aromatic hydroxyl groups is 1. The molecule has 0 aliphatic heterocycles. The minimum absolute atomic E-state index is 0.270. The van der Waals surface area contributed by atoms with Gasteiger partial charge in [0.15, 0.2) is 5.96 Å². The third-order valence-electron chi connectivity index (χ3n) is 4.23. The maximum Gasteiger partial charge on any atom is 0.198 e. The van der Waals surface area contributed by atoms with E-state index < -0.39 is 0 Å². The van der Waals surface area contributed by atoms with Crippen LogP contribution in [0.1, 0.15) is 32.6 Å². The number of rotatable bonds is 6. The van der Waals surface area contributed by atoms with E-state index in [9.17, 15) is 5.11 Å². The van der Waals surface area contributed by atoms with E-state index in [1.54, 1.807) is 12.1 Å². The van der Waals surface area contributed by atoms with Gasteiger partial charge in [-0.15, -0.1) is 0 Å². The standard InChI is InChI=1S/C18H30N4O/c1-4-22(13-12-21(2)3)18(19-15-8-5-6-9-15)20-16-10-7-11-17(23)14-16/h7,10-11,14-15,23H,4-6,8-9,12-13H2,1-3H3,(H,19,20). The molecule has 1 saturated carbocycles. The molecule has 0 heterocycles. The number of nitrogens with zero attached hydrogens (tertiary/aromatic N) is 3. The van der Waals surface area contributed by atoms with Gasteiger partial charge in [0.05, 0.1) is 6.04 Å². The number of likely N-dealkylation sites (N-methyl/N-ethyl adjacent to an activating group) is 2. The van der Waals surface area contributed by atoms with E-state index in [1.165, 1.54) is 25.7 Å². The summed E-state index contributed by atoms with van der Waals surface area (Å²) in [5.41, 5.74) is 0.880. The predicted octanol–water partition coefficient (Wildman–Crippen LogP) is 2.99. The van der Waals surface area contributed by atoms with Crippen molar-refractivity contribution in [1.29, 1.82) is 0 Å². The molecular weight excluding hydrogens is 288 g/mol. The molecular formula is C18H30N4O. The number of hydrogen-bond donors (Lipinski definition) is 2. The quantitative estimate of drug-likeness (QED) is 0.625. The molecule has 0 aromatic heterocycles. The van der Waals surface area contributed by atoms with Gasteiger partial charge < -0.3 is 20.2 Å². The molecule has 0 amide bonds. The molecule has 0 unspecified atom stereocenters. The number of hydrogen-bond acceptors (Lipinski definition) is 3. The first-order valence-electron chi connectivity index (χ1n) is 8.62. The minimum atomic E-state index is 0.270. The van der Waals surface area contributed by atoms with Crippen LogP contribution in [-0.2, 0) is 0 Å². The van der Waals surface area contributed by atoms with E-state index in [4.69, 9.17) is 4.99 Å². The molecule has 0 atom stereocenters. The van der Waals surface area contributed by atoms with Crippen molar-refractivity contribution in [2.24, 2.45) is 4.99 Å². The third kappa shape index (κ3) is 5.75. The van der Waals surface area contributed by atoms with Crippen molar-refractivity contribution in [2.75, 3.05) is 39.0 Å². The highest BCUT2D eigenvalue weighted by Gasteiger charge is 2.18. The Morgan fingerprint density at radius 3 is 2.61 bits per heavy atom. The Bertz CT molecular complexity index is 509. The zero-order chi connectivity index (χ0) is 16.7. The Morgan fingerprint density at radius 1 is 1.26 bits per heavy atom. The van der Waals surface area contributed by atoms with Gasteiger partial charge in [0.25, 0.3) is 0 Å². The first-order valence-corrected chi connectivity index (χ1v) is 8.62. The average Bonchev–Trinajstić information content (AvgIpc) is 3.00. The van der Waals surface area contributed by atoms with Crippen molar-refractivity contribution < 1.29 is 5.11 Å². The van der Waals surface area contributed by atoms with Gasteiger partial charge in [-0.3, -0.25) is 0 Å². The van der Waals surface area contributed by atoms with E-state index in [-0.39, 0.29) is 5.75 Å². The third-order valence-corrected chi connectivity index (χ3v) is 4.23. The van der Waals surface area contributed by atoms with Crippen molar-refractivity contribution in [2.45, 2.75) is 38.6 Å². The molecule has 0 saturated heterocycles. The lowest BCUT2D eigenvalue weighted by Gasteiger charge is -2.28. The monoisotopic (exact) mass is 318 g/mol. The molecule has 0 bridgehead atoms. The van der Waals surface area contributed by atoms with Crippen LogP contribution >= 0.6 is 0 Å². The summed E-state index contributed by atoms with van der Waals surface area (Å²) in [6, 6.07) is 7.65. The van der Waals surface area contributed by atoms with Crippen LogP contribution in [0.3, 0.4) is 0 Å². The van der Waals surface area contributed by atoms with Gasteiger partial charge in [0, 0.05) is 31.4 Å². The zero-order valence-corrected chi connectivity index (χ0v) is 14.6. The molecule has 1 aliphatic carbocycles. The maximum absolute atomic E-state index is 9.68. The van der Waals surface area contributed by atoms with E-state index in [0.29, 0.717) is 6.04 Å². The van der Waals surface area contributed by atoms with Gasteiger partial charge in [-0.25, -0.2) is 4.99 Å². The van der Waals surface area contributed by atoms with Crippen molar-refractivity contribution in [3.63, 3.8) is 0 Å². The fraction of sp³-hybridized carbons (Fsp3) is 0.611. The van der Waals surface area contributed by atoms with Gasteiger partial charge in [-0.1, -0.05) is 18.9 Å². The van der Waals surface area contributed by atoms with Crippen LogP contribution in [0.2, 0.25) is 0 Å². The van der Waals surface area contributed by atoms with E-state index in [1.807, 2.05) is 12.1 Å². The second-order valence-corrected chi connectivity index (χ2v) is 6.45. The number of phenolic OH excluding ortho intramolecular Hbond substituents is 1. The van der Waals surface area contributed by atoms with Gasteiger partial charge >= 0.3 is 0 Å². The summed E-state index contributed by atoms with van der Waals surface area (Å²) in [5, 5.41) is 13.1. The van der Waals surface area contributed by atoms with Gasteiger partial charge in [-0.2, -0.15) is 0 Å². The Morgan fingerprint density at radius 2 is 2.00 bits per heavy atom. The highest BCUT2D eigenvalue weighted by molar-refractivity contribution is 5.94. The van der Waals surface area contributed by atoms with Crippen LogP contribution < -0.4 is 5.32 Å². The predicted molar refractivity (Wildman–Crippen MR) is 97.2 cm³/mol. The lowest BCUT2D eigenvalue weighted by atomic mass is 10.2. The molecule has 128 valence electrons. The number of phenols is 1. The average molecular weight is 318 g/mol. The highest BCUT2D eigenvalue weighted by atomic mass is 16.3. The number of guanidine groups is 1. The van der Waals surface area contributed by atoms with Crippen molar-refractivity contribution in [3.05, 3.63) is 24.3 Å². The van der Waals surface area contributed by atoms with Crippen LogP contribution in [0.15, 0.2) is 29.3 Å². The number of anilines is 1. The van der Waals surface area contributed by atoms with E-state index in [0.717, 1.165) is 31.3 Å². The van der Waals surface area contributed by atoms with Crippen molar-refractivity contribution in [3.8, 4) is 5.75 Å². The molecule has 1 aromatic carbocycles. The highest BCUT2D eigenvalue weighted by Crippen LogP contribution is 2.22. The lowest BCUT2D eigenvalue weighted by Crippen LogP contribution is -2.41. The topological polar surface area (TPSA) is 51.1 Å². The van der Waals surface area contributed by atoms with E-state index >= 15 is 0 Å². The van der Waals surface area contributed by atoms with Gasteiger partial charge in [0.2, 0.25) is 0 Å². The molecule has 1 aromatic rings. The molecule has 2 N–H and O–H groups in total. The summed E-state index contributed by atoms with van der Waals surface area (Å²) < 4.78 is 0. The number of aliphatic imine (C=N–C) groups is 1. The van der Waals surface area contributed by atoms with E-state index in [2.05, 4.69) is 36.1 Å². The minimum Gasteiger partial charge on any atom is -0.508 e. The molecule has 5 nitrogen and oxygen atoms in total. The normalized spacial score (nSPS) is 16.1. The van der Waals surface area contributed by atoms with Crippen LogP contribution in [0.5, 0.6) is 5.75 Å². The molecule has 0 spiro atoms. The fourth-order valence-corrected chi connectivity index (χ4v) is 2.85. The molecule has 5 heteroatoms. The van der Waals surface area contributed by atoms with Crippen LogP contribution in [0.4, 0.5) is 5.69 Å². The molecule has 0 radical (unpaired) electrons. The van der Waals surface area contributed by atoms with Crippen LogP contribution in [-0.4, -0.2) is 60.6 Å². The summed E-state index contributed by atoms with van der Waals surface area (Å²) >= 11 is 0. The van der Waals surface area contributed by atoms with Crippen LogP contribution in [0.25, 0.3) is 0 Å². The second kappa shape index (κ2) is 8.77. The number of nitrogens with one attached hydrogen (secondary N) is 1. The number of benzene rings is 1. The summed E-state index contributed by atoms with van der Waals surface area (Å²) in [6.07, 6.45) is 4.90. The SMILES string of the molecule is CCN(CCN(C)C)C(=NC1CCCC1)Nc1cccc(O)c1. The summed E-state index contributed by atoms with van der Waals surface area (Å²) in [5.74, 6) is 1.19. The zero-order valence-electron chi connectivity index (χ0n) is 14.6. The smallest absolute Gasteiger partial charge is 0.198 e. The molecule has 1 aliphatic rings. The van der Waals surface area contributed by atoms with Gasteiger partial charge in [0.1, 0.15) is 5.75 Å². The Kier molecular flexibility index (Phi) is 6.71. The molecule has 1 fully saturated rings. The Balaban J connectivity index is 2.15. The van der Waals surface area contributed by atoms with Crippen molar-refractivity contribution >= 4 is 11.6 Å². The molecule has 2 rings (SSSR count). The van der Waals surface area contributed by atoms with Crippen molar-refractivity contribution in [1.82, 2.24) is 9.80 Å². The Hall–Kier alpha value is -1.75. The first kappa shape index (κ1) is 17.6. The Labute approximate surface area is 140 Å². The van der Waals surface area contributed by atoms with Crippen LogP contribution in [0, 0.1) is 0 Å². The first-order chi connectivity index (χ1) is 11.1. The maximum atomic E-state index is 9.68.